The first-order valence-electron chi connectivity index (χ1n) is 6.59. The van der Waals surface area contributed by atoms with Gasteiger partial charge in [-0.05, 0) is 23.3 Å². The largest absolute Gasteiger partial charge is 0.480 e. The third kappa shape index (κ3) is 2.09. The summed E-state index contributed by atoms with van der Waals surface area (Å²) in [5, 5.41) is 9.22. The van der Waals surface area contributed by atoms with E-state index in [2.05, 4.69) is 0 Å². The fraction of sp³-hybridized carbons (Fsp3) is 0.429. The quantitative estimate of drug-likeness (QED) is 0.806. The van der Waals surface area contributed by atoms with Gasteiger partial charge in [-0.3, -0.25) is 4.79 Å². The zero-order chi connectivity index (χ0) is 14.3. The smallest absolute Gasteiger partial charge is 0.326 e. The Morgan fingerprint density at radius 3 is 2.90 bits per heavy atom. The minimum atomic E-state index is -0.965. The van der Waals surface area contributed by atoms with E-state index in [0.29, 0.717) is 12.8 Å². The Balaban J connectivity index is 2.10. The van der Waals surface area contributed by atoms with Gasteiger partial charge in [0, 0.05) is 6.42 Å². The molecule has 5 nitrogen and oxygen atoms in total. The number of hydrogen-bond donors (Lipinski definition) is 2. The van der Waals surface area contributed by atoms with E-state index in [4.69, 9.17) is 5.73 Å². The number of carboxylic acid groups (broad SMARTS) is 1. The molecule has 1 fully saturated rings. The molecular formula is C14H16N2O3S. The standard InChI is InChI=1S/C14H16N2O3S/c15-10-5-6-20-13-9-4-2-1-3-8(9)7-11(14(18)19)16(13)12(10)17/h1-4,10-11,13H,5-7,15H2,(H,18,19)/t10-,11?,13?/m0/s1. The summed E-state index contributed by atoms with van der Waals surface area (Å²) in [6.45, 7) is 0. The van der Waals surface area contributed by atoms with Crippen molar-refractivity contribution in [3.05, 3.63) is 35.4 Å². The van der Waals surface area contributed by atoms with Gasteiger partial charge in [-0.2, -0.15) is 0 Å². The molecule has 6 heteroatoms. The Morgan fingerprint density at radius 2 is 2.15 bits per heavy atom. The van der Waals surface area contributed by atoms with Gasteiger partial charge in [0.05, 0.1) is 6.04 Å². The van der Waals surface area contributed by atoms with Gasteiger partial charge in [-0.15, -0.1) is 11.8 Å². The van der Waals surface area contributed by atoms with Crippen LogP contribution in [-0.4, -0.2) is 39.7 Å². The van der Waals surface area contributed by atoms with Crippen LogP contribution in [0.15, 0.2) is 24.3 Å². The minimum absolute atomic E-state index is 0.234. The summed E-state index contributed by atoms with van der Waals surface area (Å²) >= 11 is 1.60. The number of thioether (sulfide) groups is 1. The lowest BCUT2D eigenvalue weighted by Gasteiger charge is -2.40. The molecule has 0 radical (unpaired) electrons. The van der Waals surface area contributed by atoms with Crippen LogP contribution in [0.1, 0.15) is 22.9 Å². The van der Waals surface area contributed by atoms with Crippen molar-refractivity contribution >= 4 is 23.6 Å². The fourth-order valence-corrected chi connectivity index (χ4v) is 4.28. The van der Waals surface area contributed by atoms with Gasteiger partial charge in [0.15, 0.2) is 0 Å². The van der Waals surface area contributed by atoms with E-state index in [1.807, 2.05) is 24.3 Å². The van der Waals surface area contributed by atoms with E-state index in [1.54, 1.807) is 11.8 Å². The van der Waals surface area contributed by atoms with Crippen molar-refractivity contribution < 1.29 is 14.7 Å². The van der Waals surface area contributed by atoms with E-state index < -0.39 is 18.1 Å². The molecule has 2 aliphatic rings. The van der Waals surface area contributed by atoms with Crippen LogP contribution in [0.5, 0.6) is 0 Å². The molecule has 0 aliphatic carbocycles. The Kier molecular flexibility index (Phi) is 3.43. The molecule has 2 aliphatic heterocycles. The highest BCUT2D eigenvalue weighted by Gasteiger charge is 2.43. The number of carboxylic acids is 1. The second-order valence-electron chi connectivity index (χ2n) is 5.12. The zero-order valence-electron chi connectivity index (χ0n) is 10.9. The average Bonchev–Trinajstić information content (AvgIpc) is 2.59. The number of fused-ring (bicyclic) bond motifs is 3. The van der Waals surface area contributed by atoms with Crippen molar-refractivity contribution in [3.8, 4) is 0 Å². The number of carbonyl (C=O) groups is 2. The van der Waals surface area contributed by atoms with E-state index >= 15 is 0 Å². The molecule has 0 saturated carbocycles. The molecule has 1 aromatic carbocycles. The number of aliphatic carboxylic acids is 1. The van der Waals surface area contributed by atoms with Gasteiger partial charge >= 0.3 is 5.97 Å². The van der Waals surface area contributed by atoms with Gasteiger partial charge < -0.3 is 15.7 Å². The normalized spacial score (nSPS) is 29.4. The maximum atomic E-state index is 12.4. The lowest BCUT2D eigenvalue weighted by molar-refractivity contribution is -0.152. The van der Waals surface area contributed by atoms with E-state index in [1.165, 1.54) is 4.90 Å². The highest BCUT2D eigenvalue weighted by molar-refractivity contribution is 7.99. The molecule has 2 unspecified atom stereocenters. The van der Waals surface area contributed by atoms with Crippen molar-refractivity contribution in [3.63, 3.8) is 0 Å². The molecular weight excluding hydrogens is 276 g/mol. The predicted octanol–water partition coefficient (Wildman–Crippen LogP) is 0.987. The van der Waals surface area contributed by atoms with Crippen molar-refractivity contribution in [2.24, 2.45) is 5.73 Å². The SMILES string of the molecule is N[C@H]1CCSC2c3ccccc3CC(C(=O)O)N2C1=O. The molecule has 3 atom stereocenters. The molecule has 0 spiro atoms. The number of carbonyl (C=O) groups excluding carboxylic acids is 1. The molecule has 0 bridgehead atoms. The first-order chi connectivity index (χ1) is 9.59. The van der Waals surface area contributed by atoms with Crippen LogP contribution in [0.3, 0.4) is 0 Å². The second-order valence-corrected chi connectivity index (χ2v) is 6.31. The maximum absolute atomic E-state index is 12.4. The summed E-state index contributed by atoms with van der Waals surface area (Å²) in [6.07, 6.45) is 0.937. The summed E-state index contributed by atoms with van der Waals surface area (Å²) in [5.74, 6) is -0.455. The Bertz CT molecular complexity index is 563. The molecule has 1 saturated heterocycles. The van der Waals surface area contributed by atoms with Gasteiger partial charge in [-0.1, -0.05) is 24.3 Å². The van der Waals surface area contributed by atoms with E-state index in [9.17, 15) is 14.7 Å². The van der Waals surface area contributed by atoms with Crippen LogP contribution in [0.25, 0.3) is 0 Å². The Labute approximate surface area is 121 Å². The van der Waals surface area contributed by atoms with Crippen LogP contribution < -0.4 is 5.73 Å². The van der Waals surface area contributed by atoms with Crippen LogP contribution in [0.4, 0.5) is 0 Å². The number of benzene rings is 1. The summed E-state index contributed by atoms with van der Waals surface area (Å²) in [5.41, 5.74) is 7.92. The summed E-state index contributed by atoms with van der Waals surface area (Å²) in [7, 11) is 0. The van der Waals surface area contributed by atoms with Crippen LogP contribution in [0, 0.1) is 0 Å². The third-order valence-corrected chi connectivity index (χ3v) is 5.15. The van der Waals surface area contributed by atoms with Gasteiger partial charge in [-0.25, -0.2) is 4.79 Å². The van der Waals surface area contributed by atoms with E-state index in [-0.39, 0.29) is 11.3 Å². The first-order valence-corrected chi connectivity index (χ1v) is 7.64. The lowest BCUT2D eigenvalue weighted by Crippen LogP contribution is -2.54. The van der Waals surface area contributed by atoms with Crippen molar-refractivity contribution in [1.82, 2.24) is 4.90 Å². The third-order valence-electron chi connectivity index (χ3n) is 3.88. The van der Waals surface area contributed by atoms with Crippen molar-refractivity contribution in [1.29, 1.82) is 0 Å². The van der Waals surface area contributed by atoms with Gasteiger partial charge in [0.25, 0.3) is 0 Å². The summed E-state index contributed by atoms with van der Waals surface area (Å²) in [6, 6.07) is 6.33. The molecule has 0 aromatic heterocycles. The number of amides is 1. The average molecular weight is 292 g/mol. The molecule has 3 N–H and O–H groups in total. The number of nitrogens with zero attached hydrogens (tertiary/aromatic N) is 1. The van der Waals surface area contributed by atoms with Gasteiger partial charge in [0.1, 0.15) is 11.4 Å². The zero-order valence-corrected chi connectivity index (χ0v) is 11.7. The Hall–Kier alpha value is -1.53. The molecule has 3 rings (SSSR count). The van der Waals surface area contributed by atoms with Crippen molar-refractivity contribution in [2.75, 3.05) is 5.75 Å². The highest BCUT2D eigenvalue weighted by Crippen LogP contribution is 2.43. The first kappa shape index (κ1) is 13.5. The van der Waals surface area contributed by atoms with E-state index in [0.717, 1.165) is 16.9 Å². The predicted molar refractivity (Wildman–Crippen MR) is 76.2 cm³/mol. The highest BCUT2D eigenvalue weighted by atomic mass is 32.2. The fourth-order valence-electron chi connectivity index (χ4n) is 2.85. The van der Waals surface area contributed by atoms with Crippen LogP contribution in [0.2, 0.25) is 0 Å². The van der Waals surface area contributed by atoms with Gasteiger partial charge in [0.2, 0.25) is 5.91 Å². The molecule has 1 aromatic rings. The summed E-state index contributed by atoms with van der Waals surface area (Å²) in [4.78, 5) is 25.4. The number of nitrogens with two attached hydrogens (primary N) is 1. The molecule has 2 heterocycles. The van der Waals surface area contributed by atoms with Crippen molar-refractivity contribution in [2.45, 2.75) is 30.3 Å². The topological polar surface area (TPSA) is 83.6 Å². The minimum Gasteiger partial charge on any atom is -0.480 e. The molecule has 106 valence electrons. The molecule has 1 amide bonds. The second kappa shape index (κ2) is 5.10. The number of hydrogen-bond acceptors (Lipinski definition) is 4. The Morgan fingerprint density at radius 1 is 1.40 bits per heavy atom. The molecule has 20 heavy (non-hydrogen) atoms. The summed E-state index contributed by atoms with van der Waals surface area (Å²) < 4.78 is 0. The monoisotopic (exact) mass is 292 g/mol. The van der Waals surface area contributed by atoms with Crippen LogP contribution >= 0.6 is 11.8 Å². The maximum Gasteiger partial charge on any atom is 0.326 e. The van der Waals surface area contributed by atoms with Crippen LogP contribution in [-0.2, 0) is 16.0 Å². The number of rotatable bonds is 1. The lowest BCUT2D eigenvalue weighted by atomic mass is 9.93.